The Kier molecular flexibility index (Phi) is 6.92. The lowest BCUT2D eigenvalue weighted by molar-refractivity contribution is -0.114. The van der Waals surface area contributed by atoms with Gasteiger partial charge in [-0.2, -0.15) is 5.26 Å². The van der Waals surface area contributed by atoms with Gasteiger partial charge in [0.2, 0.25) is 5.91 Å². The van der Waals surface area contributed by atoms with Crippen LogP contribution >= 0.6 is 11.8 Å². The van der Waals surface area contributed by atoms with Crippen molar-refractivity contribution in [1.82, 2.24) is 0 Å². The maximum absolute atomic E-state index is 12.2. The van der Waals surface area contributed by atoms with Crippen LogP contribution in [0, 0.1) is 10.7 Å². The third-order valence-electron chi connectivity index (χ3n) is 3.54. The van der Waals surface area contributed by atoms with Crippen molar-refractivity contribution in [2.75, 3.05) is 10.6 Å². The number of amides is 2. The Labute approximate surface area is 161 Å². The van der Waals surface area contributed by atoms with Gasteiger partial charge >= 0.3 is 0 Å². The van der Waals surface area contributed by atoms with Gasteiger partial charge in [0, 0.05) is 33.5 Å². The number of benzene rings is 2. The molecule has 2 aromatic rings. The molecule has 136 valence electrons. The van der Waals surface area contributed by atoms with Gasteiger partial charge in [0.1, 0.15) is 5.40 Å². The van der Waals surface area contributed by atoms with Crippen molar-refractivity contribution < 1.29 is 14.4 Å². The average molecular weight is 379 g/mol. The third-order valence-corrected chi connectivity index (χ3v) is 4.14. The predicted molar refractivity (Wildman–Crippen MR) is 105 cm³/mol. The summed E-state index contributed by atoms with van der Waals surface area (Å²) in [4.78, 5) is 36.3. The van der Waals surface area contributed by atoms with Crippen LogP contribution in [-0.4, -0.2) is 17.6 Å². The second kappa shape index (κ2) is 9.36. The Morgan fingerprint density at radius 1 is 0.926 bits per heavy atom. The highest BCUT2D eigenvalue weighted by Crippen LogP contribution is 2.19. The number of nitriles is 1. The fraction of sp³-hybridized carbons (Fsp3) is 0.100. The topological polar surface area (TPSA) is 99.1 Å². The van der Waals surface area contributed by atoms with E-state index in [-0.39, 0.29) is 11.4 Å². The number of hydrogen-bond donors (Lipinski definition) is 2. The van der Waals surface area contributed by atoms with E-state index in [1.807, 2.05) is 5.40 Å². The monoisotopic (exact) mass is 379 g/mol. The van der Waals surface area contributed by atoms with Crippen LogP contribution in [0.3, 0.4) is 0 Å². The molecule has 0 aliphatic rings. The number of thioether (sulfide) groups is 1. The van der Waals surface area contributed by atoms with Gasteiger partial charge < -0.3 is 10.6 Å². The van der Waals surface area contributed by atoms with Crippen molar-refractivity contribution in [3.8, 4) is 5.40 Å². The minimum Gasteiger partial charge on any atom is -0.323 e. The van der Waals surface area contributed by atoms with Gasteiger partial charge in [-0.1, -0.05) is 0 Å². The fourth-order valence-electron chi connectivity index (χ4n) is 2.12. The van der Waals surface area contributed by atoms with Gasteiger partial charge in [0.25, 0.3) is 5.91 Å². The first-order chi connectivity index (χ1) is 12.9. The van der Waals surface area contributed by atoms with Crippen LogP contribution in [0.1, 0.15) is 24.2 Å². The molecule has 0 atom stereocenters. The summed E-state index contributed by atoms with van der Waals surface area (Å²) < 4.78 is 0. The summed E-state index contributed by atoms with van der Waals surface area (Å²) in [5, 5.41) is 15.9. The quantitative estimate of drug-likeness (QED) is 0.342. The Balaban J connectivity index is 1.96. The SMILES string of the molecule is CC(=O)c1ccc(NC(=O)/C(C)=C\C(=O)Nc2ccc(SC#N)cc2)cc1. The minimum atomic E-state index is -0.435. The highest BCUT2D eigenvalue weighted by Gasteiger charge is 2.08. The van der Waals surface area contributed by atoms with Crippen LogP contribution in [0.5, 0.6) is 0 Å². The van der Waals surface area contributed by atoms with Gasteiger partial charge in [-0.15, -0.1) is 0 Å². The molecule has 0 unspecified atom stereocenters. The lowest BCUT2D eigenvalue weighted by Crippen LogP contribution is -2.16. The van der Waals surface area contributed by atoms with Crippen molar-refractivity contribution >= 4 is 40.7 Å². The zero-order valence-corrected chi connectivity index (χ0v) is 15.6. The molecule has 0 radical (unpaired) electrons. The summed E-state index contributed by atoms with van der Waals surface area (Å²) in [5.74, 6) is -0.906. The van der Waals surface area contributed by atoms with E-state index in [2.05, 4.69) is 10.6 Å². The van der Waals surface area contributed by atoms with Crippen LogP contribution in [0.4, 0.5) is 11.4 Å². The van der Waals surface area contributed by atoms with Crippen LogP contribution in [0.2, 0.25) is 0 Å². The van der Waals surface area contributed by atoms with Crippen molar-refractivity contribution in [3.63, 3.8) is 0 Å². The van der Waals surface area contributed by atoms with E-state index in [9.17, 15) is 14.4 Å². The molecule has 7 heteroatoms. The average Bonchev–Trinajstić information content (AvgIpc) is 2.64. The predicted octanol–water partition coefficient (Wildman–Crippen LogP) is 3.99. The Hall–Kier alpha value is -3.37. The van der Waals surface area contributed by atoms with E-state index in [0.29, 0.717) is 16.9 Å². The van der Waals surface area contributed by atoms with Gasteiger partial charge in [0.05, 0.1) is 0 Å². The minimum absolute atomic E-state index is 0.0557. The molecule has 2 amide bonds. The number of thiocyanates is 1. The summed E-state index contributed by atoms with van der Waals surface area (Å²) in [7, 11) is 0. The maximum atomic E-state index is 12.2. The smallest absolute Gasteiger partial charge is 0.251 e. The zero-order chi connectivity index (χ0) is 19.8. The molecule has 6 nitrogen and oxygen atoms in total. The first-order valence-electron chi connectivity index (χ1n) is 7.96. The summed E-state index contributed by atoms with van der Waals surface area (Å²) in [6.07, 6.45) is 1.21. The number of carbonyl (C=O) groups excluding carboxylic acids is 3. The van der Waals surface area contributed by atoms with Crippen molar-refractivity contribution in [2.24, 2.45) is 0 Å². The van der Waals surface area contributed by atoms with Crippen molar-refractivity contribution in [2.45, 2.75) is 18.7 Å². The summed E-state index contributed by atoms with van der Waals surface area (Å²) >= 11 is 1.03. The first-order valence-corrected chi connectivity index (χ1v) is 8.78. The van der Waals surface area contributed by atoms with E-state index >= 15 is 0 Å². The van der Waals surface area contributed by atoms with Gasteiger partial charge in [-0.3, -0.25) is 14.4 Å². The fourth-order valence-corrected chi connectivity index (χ4v) is 2.50. The number of Topliss-reactive ketones (excluding diaryl/α,β-unsaturated/α-hetero) is 1. The molecule has 0 saturated carbocycles. The van der Waals surface area contributed by atoms with Crippen molar-refractivity contribution in [3.05, 3.63) is 65.7 Å². The van der Waals surface area contributed by atoms with Gasteiger partial charge in [-0.05, 0) is 74.1 Å². The molecule has 0 fully saturated rings. The molecular weight excluding hydrogens is 362 g/mol. The molecule has 0 heterocycles. The normalized spacial score (nSPS) is 10.6. The molecule has 2 rings (SSSR count). The number of carbonyl (C=O) groups is 3. The van der Waals surface area contributed by atoms with Crippen LogP contribution < -0.4 is 10.6 Å². The number of ketones is 1. The molecule has 0 bridgehead atoms. The van der Waals surface area contributed by atoms with E-state index in [0.717, 1.165) is 16.7 Å². The molecule has 0 saturated heterocycles. The molecule has 0 aromatic heterocycles. The molecule has 0 spiro atoms. The second-order valence-electron chi connectivity index (χ2n) is 5.62. The largest absolute Gasteiger partial charge is 0.323 e. The molecule has 0 aliphatic carbocycles. The van der Waals surface area contributed by atoms with Gasteiger partial charge in [-0.25, -0.2) is 0 Å². The van der Waals surface area contributed by atoms with Crippen LogP contribution in [0.15, 0.2) is 65.1 Å². The highest BCUT2D eigenvalue weighted by molar-refractivity contribution is 8.03. The number of hydrogen-bond acceptors (Lipinski definition) is 5. The van der Waals surface area contributed by atoms with E-state index in [1.165, 1.54) is 19.9 Å². The van der Waals surface area contributed by atoms with Crippen LogP contribution in [-0.2, 0) is 9.59 Å². The highest BCUT2D eigenvalue weighted by atomic mass is 32.2. The summed E-state index contributed by atoms with van der Waals surface area (Å²) in [5.41, 5.74) is 1.88. The zero-order valence-electron chi connectivity index (χ0n) is 14.8. The molecule has 0 aliphatic heterocycles. The first kappa shape index (κ1) is 19.9. The molecule has 27 heavy (non-hydrogen) atoms. The van der Waals surface area contributed by atoms with E-state index in [1.54, 1.807) is 48.5 Å². The summed E-state index contributed by atoms with van der Waals surface area (Å²) in [6, 6.07) is 13.3. The third kappa shape index (κ3) is 6.13. The van der Waals surface area contributed by atoms with E-state index < -0.39 is 11.8 Å². The molecular formula is C20H17N3O3S. The Morgan fingerprint density at radius 3 is 2.04 bits per heavy atom. The van der Waals surface area contributed by atoms with Crippen molar-refractivity contribution in [1.29, 1.82) is 5.26 Å². The maximum Gasteiger partial charge on any atom is 0.251 e. The second-order valence-corrected chi connectivity index (χ2v) is 6.48. The number of anilines is 2. The van der Waals surface area contributed by atoms with E-state index in [4.69, 9.17) is 5.26 Å². The van der Waals surface area contributed by atoms with Gasteiger partial charge in [0.15, 0.2) is 5.78 Å². The molecule has 2 N–H and O–H groups in total. The number of nitrogens with one attached hydrogen (secondary N) is 2. The Morgan fingerprint density at radius 2 is 1.48 bits per heavy atom. The molecule has 2 aromatic carbocycles. The Bertz CT molecular complexity index is 926. The number of rotatable bonds is 6. The lowest BCUT2D eigenvalue weighted by atomic mass is 10.1. The summed E-state index contributed by atoms with van der Waals surface area (Å²) in [6.45, 7) is 3.00. The lowest BCUT2D eigenvalue weighted by Gasteiger charge is -2.07. The van der Waals surface area contributed by atoms with Crippen LogP contribution in [0.25, 0.3) is 0 Å². The standard InChI is InChI=1S/C20H17N3O3S/c1-13(20(26)23-17-5-3-15(4-6-17)14(2)24)11-19(25)22-16-7-9-18(10-8-16)27-12-21/h3-11H,1-2H3,(H,22,25)(H,23,26)/b13-11-. The number of nitrogens with zero attached hydrogens (tertiary/aromatic N) is 1.